The maximum Gasteiger partial charge on any atom is 0.343 e. The van der Waals surface area contributed by atoms with E-state index in [9.17, 15) is 4.79 Å². The standard InChI is InChI=1S/C22H22O5/c1-13-6-7-17(14(2)8-13)18-12-16(22(23)27-18)9-15-10-19(24-3)21(26-5)20(11-15)25-4/h6-12H,1-5H3/b16-9+. The summed E-state index contributed by atoms with van der Waals surface area (Å²) in [5.74, 6) is 1.71. The van der Waals surface area contributed by atoms with Gasteiger partial charge in [-0.25, -0.2) is 4.79 Å². The summed E-state index contributed by atoms with van der Waals surface area (Å²) in [6, 6.07) is 9.59. The van der Waals surface area contributed by atoms with Crippen LogP contribution in [0.2, 0.25) is 0 Å². The number of esters is 1. The first-order valence-electron chi connectivity index (χ1n) is 8.50. The molecule has 0 saturated carbocycles. The normalized spacial score (nSPS) is 14.8. The molecule has 0 spiro atoms. The van der Waals surface area contributed by atoms with Crippen LogP contribution in [-0.2, 0) is 9.53 Å². The van der Waals surface area contributed by atoms with Gasteiger partial charge < -0.3 is 18.9 Å². The van der Waals surface area contributed by atoms with Crippen molar-refractivity contribution in [3.05, 3.63) is 64.2 Å². The molecule has 5 heteroatoms. The third kappa shape index (κ3) is 3.67. The predicted molar refractivity (Wildman–Crippen MR) is 104 cm³/mol. The number of benzene rings is 2. The zero-order valence-electron chi connectivity index (χ0n) is 16.1. The van der Waals surface area contributed by atoms with Crippen LogP contribution in [0.5, 0.6) is 17.2 Å². The molecule has 0 unspecified atom stereocenters. The number of methoxy groups -OCH3 is 3. The van der Waals surface area contributed by atoms with E-state index in [1.54, 1.807) is 45.6 Å². The lowest BCUT2D eigenvalue weighted by atomic mass is 10.0. The largest absolute Gasteiger partial charge is 0.493 e. The minimum Gasteiger partial charge on any atom is -0.493 e. The van der Waals surface area contributed by atoms with Gasteiger partial charge in [0.2, 0.25) is 5.75 Å². The summed E-state index contributed by atoms with van der Waals surface area (Å²) in [6.45, 7) is 4.03. The Morgan fingerprint density at radius 3 is 2.15 bits per heavy atom. The number of cyclic esters (lactones) is 1. The van der Waals surface area contributed by atoms with Gasteiger partial charge in [0.05, 0.1) is 26.9 Å². The van der Waals surface area contributed by atoms with E-state index in [0.29, 0.717) is 28.6 Å². The second-order valence-corrected chi connectivity index (χ2v) is 6.27. The Morgan fingerprint density at radius 1 is 0.926 bits per heavy atom. The zero-order valence-corrected chi connectivity index (χ0v) is 16.1. The highest BCUT2D eigenvalue weighted by Crippen LogP contribution is 2.39. The minimum atomic E-state index is -0.390. The Labute approximate surface area is 158 Å². The van der Waals surface area contributed by atoms with Gasteiger partial charge in [-0.15, -0.1) is 0 Å². The lowest BCUT2D eigenvalue weighted by Crippen LogP contribution is -1.99. The Bertz CT molecular complexity index is 928. The van der Waals surface area contributed by atoms with Crippen LogP contribution in [0, 0.1) is 13.8 Å². The van der Waals surface area contributed by atoms with Gasteiger partial charge in [0.25, 0.3) is 0 Å². The second kappa shape index (κ2) is 7.58. The third-order valence-corrected chi connectivity index (χ3v) is 4.38. The Balaban J connectivity index is 2.02. The lowest BCUT2D eigenvalue weighted by Gasteiger charge is -2.12. The predicted octanol–water partition coefficient (Wildman–Crippen LogP) is 4.31. The summed E-state index contributed by atoms with van der Waals surface area (Å²) in [7, 11) is 4.65. The minimum absolute atomic E-state index is 0.390. The Hall–Kier alpha value is -3.21. The van der Waals surface area contributed by atoms with E-state index in [2.05, 4.69) is 6.07 Å². The van der Waals surface area contributed by atoms with Crippen LogP contribution in [0.15, 0.2) is 42.0 Å². The fourth-order valence-electron chi connectivity index (χ4n) is 3.08. The van der Waals surface area contributed by atoms with Crippen LogP contribution in [0.4, 0.5) is 0 Å². The molecule has 0 bridgehead atoms. The van der Waals surface area contributed by atoms with Crippen LogP contribution < -0.4 is 14.2 Å². The van der Waals surface area contributed by atoms with Crippen LogP contribution in [-0.4, -0.2) is 27.3 Å². The highest BCUT2D eigenvalue weighted by Gasteiger charge is 2.23. The van der Waals surface area contributed by atoms with Crippen LogP contribution >= 0.6 is 0 Å². The van der Waals surface area contributed by atoms with E-state index < -0.39 is 5.97 Å². The van der Waals surface area contributed by atoms with Gasteiger partial charge in [-0.1, -0.05) is 23.8 Å². The van der Waals surface area contributed by atoms with Gasteiger partial charge in [0.15, 0.2) is 11.5 Å². The maximum atomic E-state index is 12.3. The van der Waals surface area contributed by atoms with E-state index >= 15 is 0 Å². The smallest absolute Gasteiger partial charge is 0.343 e. The lowest BCUT2D eigenvalue weighted by molar-refractivity contribution is -0.130. The summed E-state index contributed by atoms with van der Waals surface area (Å²) >= 11 is 0. The molecule has 27 heavy (non-hydrogen) atoms. The van der Waals surface area contributed by atoms with Crippen molar-refractivity contribution in [3.8, 4) is 17.2 Å². The van der Waals surface area contributed by atoms with E-state index in [-0.39, 0.29) is 0 Å². The van der Waals surface area contributed by atoms with Crippen molar-refractivity contribution in [2.75, 3.05) is 21.3 Å². The first-order chi connectivity index (χ1) is 13.0. The van der Waals surface area contributed by atoms with Gasteiger partial charge in [0.1, 0.15) is 5.76 Å². The molecule has 3 rings (SSSR count). The molecule has 0 N–H and O–H groups in total. The van der Waals surface area contributed by atoms with Crippen LogP contribution in [0.25, 0.3) is 11.8 Å². The number of carbonyl (C=O) groups excluding carboxylic acids is 1. The summed E-state index contributed by atoms with van der Waals surface area (Å²) in [6.07, 6.45) is 3.49. The number of hydrogen-bond donors (Lipinski definition) is 0. The van der Waals surface area contributed by atoms with Gasteiger partial charge >= 0.3 is 5.97 Å². The van der Waals surface area contributed by atoms with Crippen molar-refractivity contribution < 1.29 is 23.7 Å². The molecule has 1 aliphatic rings. The van der Waals surface area contributed by atoms with E-state index in [4.69, 9.17) is 18.9 Å². The molecule has 0 saturated heterocycles. The van der Waals surface area contributed by atoms with Crippen molar-refractivity contribution >= 4 is 17.8 Å². The van der Waals surface area contributed by atoms with Crippen LogP contribution in [0.1, 0.15) is 22.3 Å². The quantitative estimate of drug-likeness (QED) is 0.583. The van der Waals surface area contributed by atoms with Crippen molar-refractivity contribution in [1.29, 1.82) is 0 Å². The molecule has 1 aliphatic heterocycles. The molecule has 140 valence electrons. The highest BCUT2D eigenvalue weighted by atomic mass is 16.5. The first kappa shape index (κ1) is 18.6. The zero-order chi connectivity index (χ0) is 19.6. The second-order valence-electron chi connectivity index (χ2n) is 6.27. The fourth-order valence-corrected chi connectivity index (χ4v) is 3.08. The first-order valence-corrected chi connectivity index (χ1v) is 8.50. The highest BCUT2D eigenvalue weighted by molar-refractivity contribution is 6.05. The van der Waals surface area contributed by atoms with E-state index in [0.717, 1.165) is 22.3 Å². The van der Waals surface area contributed by atoms with Crippen molar-refractivity contribution in [1.82, 2.24) is 0 Å². The van der Waals surface area contributed by atoms with E-state index in [1.807, 2.05) is 26.0 Å². The summed E-state index contributed by atoms with van der Waals surface area (Å²) in [4.78, 5) is 12.3. The van der Waals surface area contributed by atoms with Crippen LogP contribution in [0.3, 0.4) is 0 Å². The SMILES string of the molecule is COc1cc(/C=C2\C=C(c3ccc(C)cc3C)OC2=O)cc(OC)c1OC. The van der Waals surface area contributed by atoms with Gasteiger partial charge in [-0.05, 0) is 49.3 Å². The average molecular weight is 366 g/mol. The summed E-state index contributed by atoms with van der Waals surface area (Å²) in [5, 5.41) is 0. The number of carbonyl (C=O) groups is 1. The third-order valence-electron chi connectivity index (χ3n) is 4.38. The monoisotopic (exact) mass is 366 g/mol. The molecule has 2 aromatic carbocycles. The number of aryl methyl sites for hydroxylation is 2. The molecular formula is C22H22O5. The molecule has 0 aliphatic carbocycles. The van der Waals surface area contributed by atoms with E-state index in [1.165, 1.54) is 0 Å². The molecule has 5 nitrogen and oxygen atoms in total. The molecule has 0 amide bonds. The molecule has 0 atom stereocenters. The number of rotatable bonds is 5. The molecule has 0 radical (unpaired) electrons. The van der Waals surface area contributed by atoms with Gasteiger partial charge in [0, 0.05) is 5.56 Å². The molecular weight excluding hydrogens is 344 g/mol. The van der Waals surface area contributed by atoms with Crippen molar-refractivity contribution in [2.45, 2.75) is 13.8 Å². The maximum absolute atomic E-state index is 12.3. The molecule has 1 heterocycles. The summed E-state index contributed by atoms with van der Waals surface area (Å²) < 4.78 is 21.5. The average Bonchev–Trinajstić information content (AvgIpc) is 3.00. The molecule has 2 aromatic rings. The number of ether oxygens (including phenoxy) is 4. The van der Waals surface area contributed by atoms with Gasteiger partial charge in [-0.3, -0.25) is 0 Å². The molecule has 0 aromatic heterocycles. The topological polar surface area (TPSA) is 54.0 Å². The summed E-state index contributed by atoms with van der Waals surface area (Å²) in [5.41, 5.74) is 4.33. The fraction of sp³-hybridized carbons (Fsp3) is 0.227. The Morgan fingerprint density at radius 2 is 1.59 bits per heavy atom. The van der Waals surface area contributed by atoms with Gasteiger partial charge in [-0.2, -0.15) is 0 Å². The molecule has 0 fully saturated rings. The Kier molecular flexibility index (Phi) is 5.21. The van der Waals surface area contributed by atoms with Crippen molar-refractivity contribution in [3.63, 3.8) is 0 Å². The van der Waals surface area contributed by atoms with Crippen molar-refractivity contribution in [2.24, 2.45) is 0 Å². The number of hydrogen-bond acceptors (Lipinski definition) is 5.